The smallest absolute Gasteiger partial charge is 0.264 e. The van der Waals surface area contributed by atoms with Crippen LogP contribution in [-0.4, -0.2) is 51.4 Å². The summed E-state index contributed by atoms with van der Waals surface area (Å²) in [5.41, 5.74) is 1.60. The van der Waals surface area contributed by atoms with E-state index in [1.165, 1.54) is 24.1 Å². The minimum absolute atomic E-state index is 0.0257. The molecule has 0 saturated carbocycles. The number of unbranched alkanes of at least 4 members (excludes halogenated alkanes) is 1. The van der Waals surface area contributed by atoms with Crippen LogP contribution in [-0.2, 0) is 26.2 Å². The number of halogens is 2. The molecule has 0 spiro atoms. The maximum Gasteiger partial charge on any atom is 0.264 e. The molecule has 220 valence electrons. The minimum atomic E-state index is -4.18. The Hall–Kier alpha value is -3.27. The molecule has 0 fully saturated rings. The van der Waals surface area contributed by atoms with E-state index in [2.05, 4.69) is 5.32 Å². The number of nitrogens with one attached hydrogen (secondary N) is 1. The molecule has 3 aromatic carbocycles. The van der Waals surface area contributed by atoms with E-state index >= 15 is 0 Å². The van der Waals surface area contributed by atoms with Gasteiger partial charge in [-0.2, -0.15) is 0 Å². The Morgan fingerprint density at radius 3 is 2.15 bits per heavy atom. The lowest BCUT2D eigenvalue weighted by molar-refractivity contribution is -0.139. The van der Waals surface area contributed by atoms with E-state index in [4.69, 9.17) is 27.9 Å². The van der Waals surface area contributed by atoms with Crippen molar-refractivity contribution >= 4 is 50.7 Å². The molecule has 11 heteroatoms. The third-order valence-corrected chi connectivity index (χ3v) is 9.13. The fourth-order valence-corrected chi connectivity index (χ4v) is 6.02. The first-order chi connectivity index (χ1) is 19.5. The first-order valence-corrected chi connectivity index (χ1v) is 15.4. The maximum absolute atomic E-state index is 14.0. The zero-order valence-electron chi connectivity index (χ0n) is 23.6. The topological polar surface area (TPSA) is 96.0 Å². The average molecular weight is 621 g/mol. The second-order valence-electron chi connectivity index (χ2n) is 9.57. The molecule has 1 unspecified atom stereocenters. The van der Waals surface area contributed by atoms with Crippen molar-refractivity contribution in [2.75, 3.05) is 24.5 Å². The van der Waals surface area contributed by atoms with Crippen LogP contribution in [0.25, 0.3) is 0 Å². The van der Waals surface area contributed by atoms with E-state index in [9.17, 15) is 18.0 Å². The van der Waals surface area contributed by atoms with Crippen LogP contribution < -0.4 is 14.4 Å². The van der Waals surface area contributed by atoms with Crippen LogP contribution in [0.4, 0.5) is 5.69 Å². The summed E-state index contributed by atoms with van der Waals surface area (Å²) in [6.07, 6.45) is 1.67. The summed E-state index contributed by atoms with van der Waals surface area (Å²) in [6, 6.07) is 16.8. The van der Waals surface area contributed by atoms with E-state index in [1.807, 2.05) is 13.8 Å². The van der Waals surface area contributed by atoms with Gasteiger partial charge < -0.3 is 15.0 Å². The molecule has 0 aliphatic carbocycles. The number of anilines is 1. The summed E-state index contributed by atoms with van der Waals surface area (Å²) in [6.45, 7) is 5.24. The maximum atomic E-state index is 14.0. The lowest BCUT2D eigenvalue weighted by Gasteiger charge is -2.32. The minimum Gasteiger partial charge on any atom is -0.497 e. The molecule has 41 heavy (non-hydrogen) atoms. The Bertz CT molecular complexity index is 1430. The highest BCUT2D eigenvalue weighted by atomic mass is 35.5. The van der Waals surface area contributed by atoms with Gasteiger partial charge in [-0.05, 0) is 68.8 Å². The molecular formula is C30H35Cl2N3O5S. The lowest BCUT2D eigenvalue weighted by Crippen LogP contribution is -2.51. The number of rotatable bonds is 13. The van der Waals surface area contributed by atoms with E-state index in [0.717, 1.165) is 22.7 Å². The molecule has 1 atom stereocenters. The van der Waals surface area contributed by atoms with Crippen molar-refractivity contribution < 1.29 is 22.7 Å². The molecule has 0 aromatic heterocycles. The molecule has 0 saturated heterocycles. The van der Waals surface area contributed by atoms with Crippen molar-refractivity contribution in [3.05, 3.63) is 87.9 Å². The van der Waals surface area contributed by atoms with Crippen molar-refractivity contribution in [3.63, 3.8) is 0 Å². The predicted octanol–water partition coefficient (Wildman–Crippen LogP) is 5.84. The van der Waals surface area contributed by atoms with Gasteiger partial charge in [0.25, 0.3) is 10.0 Å². The standard InChI is InChI=1S/C30H35Cl2N3O5S/c1-5-6-18-33-30(37)22(3)34(19-26-27(31)8-7-9-28(26)32)29(36)20-35(23-12-14-24(40-4)15-13-23)41(38,39)25-16-10-21(2)11-17-25/h7-17,22H,5-6,18-20H2,1-4H3,(H,33,37). The molecular weight excluding hydrogens is 585 g/mol. The van der Waals surface area contributed by atoms with Gasteiger partial charge in [-0.1, -0.05) is 60.3 Å². The van der Waals surface area contributed by atoms with Crippen LogP contribution >= 0.6 is 23.2 Å². The Balaban J connectivity index is 2.04. The van der Waals surface area contributed by atoms with Crippen molar-refractivity contribution in [1.29, 1.82) is 0 Å². The molecule has 8 nitrogen and oxygen atoms in total. The van der Waals surface area contributed by atoms with Gasteiger partial charge in [-0.25, -0.2) is 8.42 Å². The van der Waals surface area contributed by atoms with Gasteiger partial charge in [0.05, 0.1) is 17.7 Å². The molecule has 3 rings (SSSR count). The first kappa shape index (κ1) is 32.2. The van der Waals surface area contributed by atoms with Crippen LogP contribution in [0, 0.1) is 6.92 Å². The summed E-state index contributed by atoms with van der Waals surface area (Å²) < 4.78 is 34.1. The number of benzene rings is 3. The Kier molecular flexibility index (Phi) is 11.5. The number of carbonyl (C=O) groups excluding carboxylic acids is 2. The molecule has 0 heterocycles. The van der Waals surface area contributed by atoms with Crippen LogP contribution in [0.2, 0.25) is 10.0 Å². The molecule has 2 amide bonds. The Morgan fingerprint density at radius 1 is 0.976 bits per heavy atom. The summed E-state index contributed by atoms with van der Waals surface area (Å²) >= 11 is 12.8. The number of ether oxygens (including phenoxy) is 1. The average Bonchev–Trinajstić information content (AvgIpc) is 2.95. The SMILES string of the molecule is CCCCNC(=O)C(C)N(Cc1c(Cl)cccc1Cl)C(=O)CN(c1ccc(OC)cc1)S(=O)(=O)c1ccc(C)cc1. The zero-order chi connectivity index (χ0) is 30.2. The summed E-state index contributed by atoms with van der Waals surface area (Å²) in [4.78, 5) is 28.4. The highest BCUT2D eigenvalue weighted by Gasteiger charge is 2.33. The van der Waals surface area contributed by atoms with Crippen LogP contribution in [0.5, 0.6) is 5.75 Å². The lowest BCUT2D eigenvalue weighted by atomic mass is 10.1. The van der Waals surface area contributed by atoms with Gasteiger partial charge in [-0.3, -0.25) is 13.9 Å². The third kappa shape index (κ3) is 8.15. The molecule has 3 aromatic rings. The van der Waals surface area contributed by atoms with Gasteiger partial charge in [0.15, 0.2) is 0 Å². The third-order valence-electron chi connectivity index (χ3n) is 6.64. The highest BCUT2D eigenvalue weighted by Crippen LogP contribution is 2.29. The summed E-state index contributed by atoms with van der Waals surface area (Å²) in [5, 5.41) is 3.50. The molecule has 1 N–H and O–H groups in total. The van der Waals surface area contributed by atoms with Crippen LogP contribution in [0.3, 0.4) is 0 Å². The number of methoxy groups -OCH3 is 1. The first-order valence-electron chi connectivity index (χ1n) is 13.2. The number of aryl methyl sites for hydroxylation is 1. The number of carbonyl (C=O) groups is 2. The summed E-state index contributed by atoms with van der Waals surface area (Å²) in [7, 11) is -2.68. The normalized spacial score (nSPS) is 12.0. The predicted molar refractivity (Wildman–Crippen MR) is 163 cm³/mol. The van der Waals surface area contributed by atoms with E-state index in [0.29, 0.717) is 27.9 Å². The zero-order valence-corrected chi connectivity index (χ0v) is 25.9. The van der Waals surface area contributed by atoms with Crippen LogP contribution in [0.15, 0.2) is 71.6 Å². The van der Waals surface area contributed by atoms with E-state index < -0.39 is 28.5 Å². The van der Waals surface area contributed by atoms with Gasteiger partial charge in [-0.15, -0.1) is 0 Å². The Labute approximate surface area is 252 Å². The van der Waals surface area contributed by atoms with Crippen molar-refractivity contribution in [1.82, 2.24) is 10.2 Å². The van der Waals surface area contributed by atoms with Gasteiger partial charge in [0.2, 0.25) is 11.8 Å². The van der Waals surface area contributed by atoms with Gasteiger partial charge in [0, 0.05) is 28.7 Å². The molecule has 0 aliphatic heterocycles. The van der Waals surface area contributed by atoms with Gasteiger partial charge >= 0.3 is 0 Å². The second-order valence-corrected chi connectivity index (χ2v) is 12.2. The van der Waals surface area contributed by atoms with Crippen molar-refractivity contribution in [2.45, 2.75) is 51.1 Å². The molecule has 0 aliphatic rings. The number of hydrogen-bond donors (Lipinski definition) is 1. The van der Waals surface area contributed by atoms with Gasteiger partial charge in [0.1, 0.15) is 18.3 Å². The number of sulfonamides is 1. The van der Waals surface area contributed by atoms with Crippen molar-refractivity contribution in [3.8, 4) is 5.75 Å². The van der Waals surface area contributed by atoms with Crippen LogP contribution in [0.1, 0.15) is 37.8 Å². The molecule has 0 radical (unpaired) electrons. The van der Waals surface area contributed by atoms with Crippen molar-refractivity contribution in [2.24, 2.45) is 0 Å². The Morgan fingerprint density at radius 2 is 1.59 bits per heavy atom. The number of amides is 2. The van der Waals surface area contributed by atoms with E-state index in [1.54, 1.807) is 61.5 Å². The fraction of sp³-hybridized carbons (Fsp3) is 0.333. The molecule has 0 bridgehead atoms. The highest BCUT2D eigenvalue weighted by molar-refractivity contribution is 7.92. The quantitative estimate of drug-likeness (QED) is 0.243. The second kappa shape index (κ2) is 14.6. The largest absolute Gasteiger partial charge is 0.497 e. The summed E-state index contributed by atoms with van der Waals surface area (Å²) in [5.74, 6) is -0.446. The fourth-order valence-electron chi connectivity index (χ4n) is 4.09. The number of hydrogen-bond acceptors (Lipinski definition) is 5. The monoisotopic (exact) mass is 619 g/mol. The number of nitrogens with zero attached hydrogens (tertiary/aromatic N) is 2. The van der Waals surface area contributed by atoms with E-state index in [-0.39, 0.29) is 23.0 Å².